The molecule has 16 heavy (non-hydrogen) atoms. The van der Waals surface area contributed by atoms with E-state index in [-0.39, 0.29) is 12.0 Å². The van der Waals surface area contributed by atoms with Crippen molar-refractivity contribution in [2.75, 3.05) is 11.9 Å². The summed E-state index contributed by atoms with van der Waals surface area (Å²) in [7, 11) is 0. The van der Waals surface area contributed by atoms with Gasteiger partial charge in [-0.15, -0.1) is 0 Å². The number of hydrogen-bond donors (Lipinski definition) is 1. The minimum atomic E-state index is -0.236. The standard InChI is InChI=1S/C11H10N2O2S/c14-10-8(5-6-15-10)13-11-12-7-3-1-2-4-9(7)16-11/h1-4,8H,5-6H2,(H,12,13). The molecule has 2 heterocycles. The quantitative estimate of drug-likeness (QED) is 0.808. The molecule has 5 heteroatoms. The Kier molecular flexibility index (Phi) is 2.25. The van der Waals surface area contributed by atoms with Crippen LogP contribution in [0.4, 0.5) is 5.13 Å². The zero-order chi connectivity index (χ0) is 11.0. The van der Waals surface area contributed by atoms with Crippen molar-refractivity contribution in [3.8, 4) is 0 Å². The van der Waals surface area contributed by atoms with Gasteiger partial charge in [-0.2, -0.15) is 0 Å². The zero-order valence-electron chi connectivity index (χ0n) is 8.47. The molecule has 1 aromatic carbocycles. The highest BCUT2D eigenvalue weighted by molar-refractivity contribution is 7.22. The third kappa shape index (κ3) is 1.63. The van der Waals surface area contributed by atoms with Crippen LogP contribution in [0.1, 0.15) is 6.42 Å². The summed E-state index contributed by atoms with van der Waals surface area (Å²) in [6.07, 6.45) is 0.717. The molecule has 1 atom stereocenters. The average molecular weight is 234 g/mol. The summed E-state index contributed by atoms with van der Waals surface area (Å²) in [5.74, 6) is -0.181. The predicted molar refractivity (Wildman–Crippen MR) is 62.6 cm³/mol. The number of thiazole rings is 1. The number of esters is 1. The highest BCUT2D eigenvalue weighted by Crippen LogP contribution is 2.26. The lowest BCUT2D eigenvalue weighted by atomic mass is 10.2. The molecule has 1 aliphatic heterocycles. The maximum Gasteiger partial charge on any atom is 0.328 e. The van der Waals surface area contributed by atoms with E-state index in [0.717, 1.165) is 21.8 Å². The van der Waals surface area contributed by atoms with Crippen molar-refractivity contribution in [1.29, 1.82) is 0 Å². The van der Waals surface area contributed by atoms with Gasteiger partial charge in [-0.3, -0.25) is 0 Å². The fourth-order valence-corrected chi connectivity index (χ4v) is 2.63. The van der Waals surface area contributed by atoms with Gasteiger partial charge in [0.05, 0.1) is 16.8 Å². The number of cyclic esters (lactones) is 1. The van der Waals surface area contributed by atoms with Gasteiger partial charge in [-0.05, 0) is 12.1 Å². The van der Waals surface area contributed by atoms with E-state index in [0.29, 0.717) is 6.61 Å². The first-order valence-electron chi connectivity index (χ1n) is 5.12. The Hall–Kier alpha value is -1.62. The lowest BCUT2D eigenvalue weighted by Gasteiger charge is -2.05. The molecular formula is C11H10N2O2S. The van der Waals surface area contributed by atoms with Gasteiger partial charge in [0.1, 0.15) is 6.04 Å². The third-order valence-electron chi connectivity index (χ3n) is 2.53. The largest absolute Gasteiger partial charge is 0.464 e. The van der Waals surface area contributed by atoms with Crippen molar-refractivity contribution in [2.24, 2.45) is 0 Å². The summed E-state index contributed by atoms with van der Waals surface area (Å²) in [6, 6.07) is 7.68. The van der Waals surface area contributed by atoms with Crippen LogP contribution in [0.5, 0.6) is 0 Å². The number of carbonyl (C=O) groups excluding carboxylic acids is 1. The number of para-hydroxylation sites is 1. The minimum absolute atomic E-state index is 0.181. The van der Waals surface area contributed by atoms with Gasteiger partial charge in [-0.1, -0.05) is 23.5 Å². The number of ether oxygens (including phenoxy) is 1. The second kappa shape index (κ2) is 3.75. The van der Waals surface area contributed by atoms with Gasteiger partial charge in [0.2, 0.25) is 0 Å². The summed E-state index contributed by atoms with van der Waals surface area (Å²) in [5, 5.41) is 3.90. The second-order valence-electron chi connectivity index (χ2n) is 3.64. The topological polar surface area (TPSA) is 51.2 Å². The van der Waals surface area contributed by atoms with E-state index >= 15 is 0 Å². The molecule has 1 fully saturated rings. The molecule has 1 aliphatic rings. The molecule has 0 spiro atoms. The molecule has 1 aromatic heterocycles. The monoisotopic (exact) mass is 234 g/mol. The van der Waals surface area contributed by atoms with Gasteiger partial charge in [0.15, 0.2) is 5.13 Å². The molecule has 3 rings (SSSR count). The number of fused-ring (bicyclic) bond motifs is 1. The van der Waals surface area contributed by atoms with E-state index in [1.807, 2.05) is 24.3 Å². The molecule has 0 amide bonds. The lowest BCUT2D eigenvalue weighted by molar-refractivity contribution is -0.138. The van der Waals surface area contributed by atoms with Crippen LogP contribution in [0.3, 0.4) is 0 Å². The fraction of sp³-hybridized carbons (Fsp3) is 0.273. The maximum absolute atomic E-state index is 11.3. The molecule has 2 aromatic rings. The molecule has 1 N–H and O–H groups in total. The molecule has 0 aliphatic carbocycles. The van der Waals surface area contributed by atoms with Crippen molar-refractivity contribution in [3.63, 3.8) is 0 Å². The number of hydrogen-bond acceptors (Lipinski definition) is 5. The molecule has 0 saturated carbocycles. The Morgan fingerprint density at radius 3 is 3.06 bits per heavy atom. The molecule has 0 bridgehead atoms. The highest BCUT2D eigenvalue weighted by atomic mass is 32.1. The van der Waals surface area contributed by atoms with E-state index in [1.165, 1.54) is 0 Å². The highest BCUT2D eigenvalue weighted by Gasteiger charge is 2.26. The van der Waals surface area contributed by atoms with Crippen LogP contribution < -0.4 is 5.32 Å². The van der Waals surface area contributed by atoms with Crippen LogP contribution in [-0.2, 0) is 9.53 Å². The second-order valence-corrected chi connectivity index (χ2v) is 4.67. The van der Waals surface area contributed by atoms with Gasteiger partial charge >= 0.3 is 5.97 Å². The van der Waals surface area contributed by atoms with Crippen LogP contribution in [0.2, 0.25) is 0 Å². The number of carbonyl (C=O) groups is 1. The molecule has 82 valence electrons. The van der Waals surface area contributed by atoms with Gasteiger partial charge in [0.25, 0.3) is 0 Å². The van der Waals surface area contributed by atoms with E-state index in [1.54, 1.807) is 11.3 Å². The Morgan fingerprint density at radius 1 is 1.44 bits per heavy atom. The van der Waals surface area contributed by atoms with Crippen molar-refractivity contribution in [1.82, 2.24) is 4.98 Å². The van der Waals surface area contributed by atoms with Crippen molar-refractivity contribution in [3.05, 3.63) is 24.3 Å². The summed E-state index contributed by atoms with van der Waals surface area (Å²) in [5.41, 5.74) is 0.960. The van der Waals surface area contributed by atoms with Crippen molar-refractivity contribution in [2.45, 2.75) is 12.5 Å². The van der Waals surface area contributed by atoms with Crippen LogP contribution >= 0.6 is 11.3 Å². The Balaban J connectivity index is 1.86. The number of rotatable bonds is 2. The predicted octanol–water partition coefficient (Wildman–Crippen LogP) is 2.02. The van der Waals surface area contributed by atoms with Crippen LogP contribution in [0.25, 0.3) is 10.2 Å². The molecule has 0 radical (unpaired) electrons. The van der Waals surface area contributed by atoms with E-state index in [9.17, 15) is 4.79 Å². The number of aromatic nitrogens is 1. The first-order chi connectivity index (χ1) is 7.83. The summed E-state index contributed by atoms with van der Waals surface area (Å²) in [6.45, 7) is 0.501. The molecule has 4 nitrogen and oxygen atoms in total. The average Bonchev–Trinajstić information content (AvgIpc) is 2.85. The van der Waals surface area contributed by atoms with E-state index in [4.69, 9.17) is 4.74 Å². The van der Waals surface area contributed by atoms with Gasteiger partial charge < -0.3 is 10.1 Å². The smallest absolute Gasteiger partial charge is 0.328 e. The van der Waals surface area contributed by atoms with Crippen molar-refractivity contribution < 1.29 is 9.53 Å². The maximum atomic E-state index is 11.3. The first kappa shape index (κ1) is 9.59. The Morgan fingerprint density at radius 2 is 2.31 bits per heavy atom. The normalized spacial score (nSPS) is 20.0. The summed E-state index contributed by atoms with van der Waals surface area (Å²) in [4.78, 5) is 15.7. The first-order valence-corrected chi connectivity index (χ1v) is 5.93. The number of benzene rings is 1. The molecular weight excluding hydrogens is 224 g/mol. The van der Waals surface area contributed by atoms with Crippen molar-refractivity contribution >= 4 is 32.7 Å². The molecule has 1 saturated heterocycles. The minimum Gasteiger partial charge on any atom is -0.464 e. The molecule has 1 unspecified atom stereocenters. The summed E-state index contributed by atoms with van der Waals surface area (Å²) >= 11 is 1.56. The number of anilines is 1. The lowest BCUT2D eigenvalue weighted by Crippen LogP contribution is -2.24. The van der Waals surface area contributed by atoms with E-state index < -0.39 is 0 Å². The SMILES string of the molecule is O=C1OCCC1Nc1nc2ccccc2s1. The van der Waals surface area contributed by atoms with Gasteiger partial charge in [0, 0.05) is 6.42 Å². The number of nitrogens with zero attached hydrogens (tertiary/aromatic N) is 1. The van der Waals surface area contributed by atoms with Crippen LogP contribution in [0, 0.1) is 0 Å². The Bertz CT molecular complexity index is 505. The zero-order valence-corrected chi connectivity index (χ0v) is 9.29. The Labute approximate surface area is 96.3 Å². The van der Waals surface area contributed by atoms with E-state index in [2.05, 4.69) is 10.3 Å². The fourth-order valence-electron chi connectivity index (χ4n) is 1.71. The van der Waals surface area contributed by atoms with Gasteiger partial charge in [-0.25, -0.2) is 9.78 Å². The number of nitrogens with one attached hydrogen (secondary N) is 1. The summed E-state index contributed by atoms with van der Waals surface area (Å²) < 4.78 is 6.01. The third-order valence-corrected chi connectivity index (χ3v) is 3.49. The van der Waals surface area contributed by atoms with Crippen LogP contribution in [0.15, 0.2) is 24.3 Å². The van der Waals surface area contributed by atoms with Crippen LogP contribution in [-0.4, -0.2) is 23.6 Å².